The minimum absolute atomic E-state index is 0.294. The van der Waals surface area contributed by atoms with Gasteiger partial charge in [0.15, 0.2) is 0 Å². The van der Waals surface area contributed by atoms with E-state index in [2.05, 4.69) is 32.6 Å². The first-order chi connectivity index (χ1) is 6.74. The summed E-state index contributed by atoms with van der Waals surface area (Å²) in [6.45, 7) is 0. The van der Waals surface area contributed by atoms with Crippen molar-refractivity contribution in [3.8, 4) is 0 Å². The van der Waals surface area contributed by atoms with Gasteiger partial charge >= 0.3 is 6.09 Å². The summed E-state index contributed by atoms with van der Waals surface area (Å²) in [5, 5.41) is 2.92. The second-order valence-electron chi connectivity index (χ2n) is 3.75. The molecule has 3 nitrogen and oxygen atoms in total. The van der Waals surface area contributed by atoms with Crippen molar-refractivity contribution in [1.82, 2.24) is 5.32 Å². The Balaban J connectivity index is 2.40. The van der Waals surface area contributed by atoms with Crippen LogP contribution in [0.1, 0.15) is 38.5 Å². The van der Waals surface area contributed by atoms with E-state index in [1.54, 1.807) is 0 Å². The van der Waals surface area contributed by atoms with Gasteiger partial charge in [0, 0.05) is 9.97 Å². The van der Waals surface area contributed by atoms with Crippen molar-refractivity contribution in [1.29, 1.82) is 0 Å². The zero-order valence-electron chi connectivity index (χ0n) is 8.59. The van der Waals surface area contributed by atoms with E-state index in [1.807, 2.05) is 0 Å². The van der Waals surface area contributed by atoms with Crippen LogP contribution in [0.2, 0.25) is 0 Å². The smallest absolute Gasteiger partial charge is 0.407 e. The van der Waals surface area contributed by atoms with Crippen LogP contribution in [0.4, 0.5) is 4.79 Å². The molecule has 1 rings (SSSR count). The molecule has 82 valence electrons. The molecule has 0 aromatic heterocycles. The number of rotatable bonds is 1. The lowest BCUT2D eigenvalue weighted by Crippen LogP contribution is -2.41. The first kappa shape index (κ1) is 12.1. The molecule has 0 aromatic carbocycles. The highest BCUT2D eigenvalue weighted by atomic mass is 127. The topological polar surface area (TPSA) is 38.3 Å². The fourth-order valence-corrected chi connectivity index (χ4v) is 2.79. The number of methoxy groups -OCH3 is 1. The van der Waals surface area contributed by atoms with Gasteiger partial charge in [0.25, 0.3) is 0 Å². The molecule has 0 unspecified atom stereocenters. The molecule has 0 aliphatic heterocycles. The maximum absolute atomic E-state index is 11.1. The highest BCUT2D eigenvalue weighted by Crippen LogP contribution is 2.23. The zero-order valence-corrected chi connectivity index (χ0v) is 10.7. The predicted molar refractivity (Wildman–Crippen MR) is 64.8 cm³/mol. The Morgan fingerprint density at radius 1 is 1.29 bits per heavy atom. The molecule has 0 spiro atoms. The van der Waals surface area contributed by atoms with Gasteiger partial charge in [0.05, 0.1) is 7.11 Å². The summed E-state index contributed by atoms with van der Waals surface area (Å²) in [6, 6.07) is 0.295. The van der Waals surface area contributed by atoms with E-state index >= 15 is 0 Å². The van der Waals surface area contributed by atoms with Gasteiger partial charge in [0.1, 0.15) is 0 Å². The van der Waals surface area contributed by atoms with Crippen molar-refractivity contribution >= 4 is 28.7 Å². The number of carbonyl (C=O) groups excluding carboxylic acids is 1. The van der Waals surface area contributed by atoms with Gasteiger partial charge in [-0.15, -0.1) is 0 Å². The van der Waals surface area contributed by atoms with Crippen molar-refractivity contribution < 1.29 is 9.53 Å². The SMILES string of the molecule is COC(=O)N[C@H]1CCCCCC[C@@H]1I. The largest absolute Gasteiger partial charge is 0.453 e. The van der Waals surface area contributed by atoms with Gasteiger partial charge < -0.3 is 10.1 Å². The van der Waals surface area contributed by atoms with Gasteiger partial charge in [-0.2, -0.15) is 0 Å². The van der Waals surface area contributed by atoms with Crippen molar-refractivity contribution in [3.63, 3.8) is 0 Å². The Labute approximate surface area is 99.1 Å². The second kappa shape index (κ2) is 6.48. The molecule has 0 radical (unpaired) electrons. The number of nitrogens with one attached hydrogen (secondary N) is 1. The van der Waals surface area contributed by atoms with Crippen LogP contribution in [0.3, 0.4) is 0 Å². The number of alkyl halides is 1. The molecule has 1 aliphatic carbocycles. The van der Waals surface area contributed by atoms with Crippen LogP contribution in [-0.4, -0.2) is 23.2 Å². The van der Waals surface area contributed by atoms with Gasteiger partial charge in [0.2, 0.25) is 0 Å². The lowest BCUT2D eigenvalue weighted by atomic mass is 9.97. The molecule has 1 N–H and O–H groups in total. The van der Waals surface area contributed by atoms with E-state index in [4.69, 9.17) is 0 Å². The minimum Gasteiger partial charge on any atom is -0.453 e. The van der Waals surface area contributed by atoms with Gasteiger partial charge in [-0.05, 0) is 12.8 Å². The molecule has 4 heteroatoms. The molecule has 0 bridgehead atoms. The maximum atomic E-state index is 11.1. The highest BCUT2D eigenvalue weighted by Gasteiger charge is 2.21. The number of carbonyl (C=O) groups is 1. The monoisotopic (exact) mass is 311 g/mol. The van der Waals surface area contributed by atoms with Crippen molar-refractivity contribution in [3.05, 3.63) is 0 Å². The number of amides is 1. The summed E-state index contributed by atoms with van der Waals surface area (Å²) in [7, 11) is 1.42. The van der Waals surface area contributed by atoms with Crippen molar-refractivity contribution in [2.75, 3.05) is 7.11 Å². The lowest BCUT2D eigenvalue weighted by Gasteiger charge is -2.25. The normalized spacial score (nSPS) is 28.7. The quantitative estimate of drug-likeness (QED) is 0.597. The van der Waals surface area contributed by atoms with Crippen LogP contribution < -0.4 is 5.32 Å². The summed E-state index contributed by atoms with van der Waals surface area (Å²) < 4.78 is 5.17. The van der Waals surface area contributed by atoms with Crippen molar-refractivity contribution in [2.24, 2.45) is 0 Å². The Bertz CT molecular complexity index is 187. The Kier molecular flexibility index (Phi) is 5.59. The summed E-state index contributed by atoms with van der Waals surface area (Å²) in [5.74, 6) is 0. The van der Waals surface area contributed by atoms with Gasteiger partial charge in [-0.3, -0.25) is 0 Å². The summed E-state index contributed by atoms with van der Waals surface area (Å²) >= 11 is 2.44. The Morgan fingerprint density at radius 2 is 1.93 bits per heavy atom. The van der Waals surface area contributed by atoms with Gasteiger partial charge in [-0.1, -0.05) is 48.3 Å². The standard InChI is InChI=1S/C10H18INO2/c1-14-10(13)12-9-7-5-3-2-4-6-8(9)11/h8-9H,2-7H2,1H3,(H,12,13)/t8-,9-/m0/s1. The van der Waals surface area contributed by atoms with Crippen molar-refractivity contribution in [2.45, 2.75) is 48.5 Å². The van der Waals surface area contributed by atoms with E-state index in [0.29, 0.717) is 9.97 Å². The number of alkyl carbamates (subject to hydrolysis) is 1. The summed E-state index contributed by atoms with van der Waals surface area (Å²) in [5.41, 5.74) is 0. The molecule has 14 heavy (non-hydrogen) atoms. The molecular formula is C10H18INO2. The molecule has 1 aliphatic rings. The van der Waals surface area contributed by atoms with Crippen LogP contribution >= 0.6 is 22.6 Å². The summed E-state index contributed by atoms with van der Waals surface area (Å²) in [4.78, 5) is 11.1. The second-order valence-corrected chi connectivity index (χ2v) is 5.35. The van der Waals surface area contributed by atoms with Crippen LogP contribution in [0.5, 0.6) is 0 Å². The number of hydrogen-bond donors (Lipinski definition) is 1. The van der Waals surface area contributed by atoms with Crippen LogP contribution in [0.15, 0.2) is 0 Å². The number of ether oxygens (including phenoxy) is 1. The fraction of sp³-hybridized carbons (Fsp3) is 0.900. The predicted octanol–water partition coefficient (Wildman–Crippen LogP) is 2.87. The van der Waals surface area contributed by atoms with E-state index < -0.39 is 0 Å². The Hall–Kier alpha value is 0. The van der Waals surface area contributed by atoms with Crippen LogP contribution in [0, 0.1) is 0 Å². The van der Waals surface area contributed by atoms with E-state index in [0.717, 1.165) is 6.42 Å². The molecule has 1 fully saturated rings. The first-order valence-electron chi connectivity index (χ1n) is 5.22. The maximum Gasteiger partial charge on any atom is 0.407 e. The molecular weight excluding hydrogens is 293 g/mol. The number of halogens is 1. The van der Waals surface area contributed by atoms with Gasteiger partial charge in [-0.25, -0.2) is 4.79 Å². The molecule has 1 amide bonds. The minimum atomic E-state index is -0.294. The van der Waals surface area contributed by atoms with E-state index in [-0.39, 0.29) is 6.09 Å². The third-order valence-corrected chi connectivity index (χ3v) is 4.16. The molecule has 0 aromatic rings. The molecule has 1 saturated carbocycles. The third-order valence-electron chi connectivity index (χ3n) is 2.67. The molecule has 0 heterocycles. The Morgan fingerprint density at radius 3 is 2.57 bits per heavy atom. The zero-order chi connectivity index (χ0) is 10.4. The highest BCUT2D eigenvalue weighted by molar-refractivity contribution is 14.1. The average molecular weight is 311 g/mol. The average Bonchev–Trinajstić information content (AvgIpc) is 2.17. The number of hydrogen-bond acceptors (Lipinski definition) is 2. The lowest BCUT2D eigenvalue weighted by molar-refractivity contribution is 0.165. The fourth-order valence-electron chi connectivity index (χ4n) is 1.81. The molecule has 0 saturated heterocycles. The first-order valence-corrected chi connectivity index (χ1v) is 6.47. The molecule has 2 atom stereocenters. The van der Waals surface area contributed by atoms with E-state index in [1.165, 1.54) is 39.2 Å². The third kappa shape index (κ3) is 4.02. The van der Waals surface area contributed by atoms with Crippen LogP contribution in [-0.2, 0) is 4.74 Å². The van der Waals surface area contributed by atoms with E-state index in [9.17, 15) is 4.79 Å². The van der Waals surface area contributed by atoms with Crippen LogP contribution in [0.25, 0.3) is 0 Å². The summed E-state index contributed by atoms with van der Waals surface area (Å²) in [6.07, 6.45) is 7.13.